The number of nitrogens with zero attached hydrogens (tertiary/aromatic N) is 3. The first-order chi connectivity index (χ1) is 14.9. The number of halogens is 1. The number of rotatable bonds is 5. The summed E-state index contributed by atoms with van der Waals surface area (Å²) in [5.41, 5.74) is 2.65. The predicted molar refractivity (Wildman–Crippen MR) is 120 cm³/mol. The number of aromatic nitrogens is 1. The molecule has 0 saturated carbocycles. The Morgan fingerprint density at radius 1 is 1.00 bits per heavy atom. The van der Waals surface area contributed by atoms with E-state index in [1.807, 2.05) is 37.3 Å². The molecule has 6 heteroatoms. The molecule has 31 heavy (non-hydrogen) atoms. The van der Waals surface area contributed by atoms with Gasteiger partial charge in [0, 0.05) is 31.9 Å². The fraction of sp³-hybridized carbons (Fsp3) is 0.320. The number of hydrogen-bond acceptors (Lipinski definition) is 4. The van der Waals surface area contributed by atoms with Crippen LogP contribution in [0.15, 0.2) is 65.5 Å². The molecule has 1 aliphatic rings. The first kappa shape index (κ1) is 21.3. The normalized spacial score (nSPS) is 16.4. The number of benzene rings is 2. The summed E-state index contributed by atoms with van der Waals surface area (Å²) in [6.45, 7) is 5.49. The minimum atomic E-state index is -0.440. The second-order valence-corrected chi connectivity index (χ2v) is 8.25. The van der Waals surface area contributed by atoms with Crippen molar-refractivity contribution < 1.29 is 9.50 Å². The summed E-state index contributed by atoms with van der Waals surface area (Å²) in [6, 6.07) is 17.3. The van der Waals surface area contributed by atoms with Crippen molar-refractivity contribution in [1.29, 1.82) is 0 Å². The van der Waals surface area contributed by atoms with Crippen molar-refractivity contribution in [2.75, 3.05) is 33.2 Å². The maximum absolute atomic E-state index is 13.7. The van der Waals surface area contributed by atoms with E-state index in [2.05, 4.69) is 16.8 Å². The molecule has 5 nitrogen and oxygen atoms in total. The standard InChI is InChI=1S/C25H28FN3O2/c1-18-16-22(30)23(25(31)29(18)17-19-6-4-3-5-7-19)24(20-8-10-21(26)11-9-20)28-14-12-27(2)13-15-28/h3-11,16,24,30H,12-15,17H2,1-2H3. The van der Waals surface area contributed by atoms with Gasteiger partial charge in [0.05, 0.1) is 18.2 Å². The van der Waals surface area contributed by atoms with Crippen molar-refractivity contribution in [2.24, 2.45) is 0 Å². The van der Waals surface area contributed by atoms with E-state index >= 15 is 0 Å². The van der Waals surface area contributed by atoms with Crippen molar-refractivity contribution in [1.82, 2.24) is 14.4 Å². The quantitative estimate of drug-likeness (QED) is 0.686. The van der Waals surface area contributed by atoms with E-state index in [9.17, 15) is 14.3 Å². The third-order valence-electron chi connectivity index (χ3n) is 6.07. The van der Waals surface area contributed by atoms with Gasteiger partial charge in [-0.15, -0.1) is 0 Å². The van der Waals surface area contributed by atoms with E-state index in [0.717, 1.165) is 37.3 Å². The molecule has 1 atom stereocenters. The molecule has 3 aromatic rings. The van der Waals surface area contributed by atoms with E-state index in [1.165, 1.54) is 12.1 Å². The number of likely N-dealkylation sites (N-methyl/N-ethyl adjacent to an activating group) is 1. The minimum Gasteiger partial charge on any atom is -0.507 e. The van der Waals surface area contributed by atoms with Gasteiger partial charge in [-0.3, -0.25) is 9.69 Å². The van der Waals surface area contributed by atoms with Crippen molar-refractivity contribution in [3.05, 3.63) is 99.2 Å². The Balaban J connectivity index is 1.83. The highest BCUT2D eigenvalue weighted by Gasteiger charge is 2.30. The van der Waals surface area contributed by atoms with Crippen LogP contribution in [0.5, 0.6) is 5.75 Å². The van der Waals surface area contributed by atoms with Crippen LogP contribution in [0, 0.1) is 12.7 Å². The minimum absolute atomic E-state index is 0.0138. The summed E-state index contributed by atoms with van der Waals surface area (Å²) >= 11 is 0. The molecule has 162 valence electrons. The smallest absolute Gasteiger partial charge is 0.259 e. The third-order valence-corrected chi connectivity index (χ3v) is 6.07. The number of hydrogen-bond donors (Lipinski definition) is 1. The van der Waals surface area contributed by atoms with E-state index in [4.69, 9.17) is 0 Å². The molecule has 4 rings (SSSR count). The molecular formula is C25H28FN3O2. The lowest BCUT2D eigenvalue weighted by molar-refractivity contribution is 0.125. The van der Waals surface area contributed by atoms with Crippen molar-refractivity contribution in [2.45, 2.75) is 19.5 Å². The Morgan fingerprint density at radius 2 is 1.65 bits per heavy atom. The summed E-state index contributed by atoms with van der Waals surface area (Å²) in [4.78, 5) is 18.1. The fourth-order valence-corrected chi connectivity index (χ4v) is 4.27. The lowest BCUT2D eigenvalue weighted by Crippen LogP contribution is -2.47. The van der Waals surface area contributed by atoms with Crippen LogP contribution in [0.3, 0.4) is 0 Å². The highest BCUT2D eigenvalue weighted by atomic mass is 19.1. The second-order valence-electron chi connectivity index (χ2n) is 8.25. The van der Waals surface area contributed by atoms with Crippen LogP contribution in [-0.4, -0.2) is 52.7 Å². The molecule has 1 aliphatic heterocycles. The van der Waals surface area contributed by atoms with Gasteiger partial charge in [-0.1, -0.05) is 42.5 Å². The Bertz CT molecular complexity index is 1090. The van der Waals surface area contributed by atoms with Crippen molar-refractivity contribution in [3.63, 3.8) is 0 Å². The molecule has 0 spiro atoms. The van der Waals surface area contributed by atoms with Gasteiger partial charge in [-0.05, 0) is 43.3 Å². The molecule has 1 saturated heterocycles. The third kappa shape index (κ3) is 4.55. The van der Waals surface area contributed by atoms with Gasteiger partial charge in [0.2, 0.25) is 0 Å². The van der Waals surface area contributed by atoms with Crippen molar-refractivity contribution >= 4 is 0 Å². The molecule has 1 N–H and O–H groups in total. The van der Waals surface area contributed by atoms with E-state index in [0.29, 0.717) is 17.8 Å². The number of aryl methyl sites for hydroxylation is 1. The van der Waals surface area contributed by atoms with Gasteiger partial charge in [0.25, 0.3) is 5.56 Å². The van der Waals surface area contributed by atoms with Gasteiger partial charge < -0.3 is 14.6 Å². The summed E-state index contributed by atoms with van der Waals surface area (Å²) < 4.78 is 15.3. The Kier molecular flexibility index (Phi) is 6.20. The molecule has 0 radical (unpaired) electrons. The van der Waals surface area contributed by atoms with Gasteiger partial charge in [0.15, 0.2) is 0 Å². The summed E-state index contributed by atoms with van der Waals surface area (Å²) in [6.07, 6.45) is 0. The number of pyridine rings is 1. The zero-order valence-electron chi connectivity index (χ0n) is 18.0. The van der Waals surface area contributed by atoms with Gasteiger partial charge >= 0.3 is 0 Å². The molecule has 1 unspecified atom stereocenters. The summed E-state index contributed by atoms with van der Waals surface area (Å²) in [7, 11) is 2.07. The van der Waals surface area contributed by atoms with E-state index in [-0.39, 0.29) is 17.1 Å². The molecule has 0 amide bonds. The van der Waals surface area contributed by atoms with Crippen LogP contribution in [0.4, 0.5) is 4.39 Å². The van der Waals surface area contributed by atoms with Crippen LogP contribution in [0.25, 0.3) is 0 Å². The first-order valence-electron chi connectivity index (χ1n) is 10.6. The maximum atomic E-state index is 13.7. The molecule has 0 bridgehead atoms. The Labute approximate surface area is 182 Å². The number of aromatic hydroxyl groups is 1. The van der Waals surface area contributed by atoms with Crippen LogP contribution in [0.1, 0.15) is 28.4 Å². The maximum Gasteiger partial charge on any atom is 0.259 e. The molecular weight excluding hydrogens is 393 g/mol. The van der Waals surface area contributed by atoms with Crippen LogP contribution < -0.4 is 5.56 Å². The average molecular weight is 422 g/mol. The van der Waals surface area contributed by atoms with Crippen LogP contribution >= 0.6 is 0 Å². The summed E-state index contributed by atoms with van der Waals surface area (Å²) in [5.74, 6) is -0.337. The summed E-state index contributed by atoms with van der Waals surface area (Å²) in [5, 5.41) is 10.9. The van der Waals surface area contributed by atoms with Crippen LogP contribution in [0.2, 0.25) is 0 Å². The molecule has 2 heterocycles. The molecule has 1 fully saturated rings. The first-order valence-corrected chi connectivity index (χ1v) is 10.6. The van der Waals surface area contributed by atoms with Crippen LogP contribution in [-0.2, 0) is 6.54 Å². The number of piperazine rings is 1. The lowest BCUT2D eigenvalue weighted by Gasteiger charge is -2.38. The monoisotopic (exact) mass is 421 g/mol. The Morgan fingerprint density at radius 3 is 2.29 bits per heavy atom. The van der Waals surface area contributed by atoms with Gasteiger partial charge in [-0.25, -0.2) is 4.39 Å². The second kappa shape index (κ2) is 9.04. The predicted octanol–water partition coefficient (Wildman–Crippen LogP) is 3.39. The topological polar surface area (TPSA) is 48.7 Å². The highest BCUT2D eigenvalue weighted by molar-refractivity contribution is 5.41. The van der Waals surface area contributed by atoms with Gasteiger partial charge in [0.1, 0.15) is 11.6 Å². The zero-order chi connectivity index (χ0) is 22.0. The lowest BCUT2D eigenvalue weighted by atomic mass is 9.96. The molecule has 0 aliphatic carbocycles. The average Bonchev–Trinajstić information content (AvgIpc) is 2.76. The van der Waals surface area contributed by atoms with E-state index < -0.39 is 6.04 Å². The molecule has 2 aromatic carbocycles. The van der Waals surface area contributed by atoms with E-state index in [1.54, 1.807) is 22.8 Å². The largest absolute Gasteiger partial charge is 0.507 e. The molecule has 1 aromatic heterocycles. The SMILES string of the molecule is Cc1cc(O)c(C(c2ccc(F)cc2)N2CCN(C)CC2)c(=O)n1Cc1ccccc1. The van der Waals surface area contributed by atoms with Gasteiger partial charge in [-0.2, -0.15) is 0 Å². The fourth-order valence-electron chi connectivity index (χ4n) is 4.27. The Hall–Kier alpha value is -2.96. The highest BCUT2D eigenvalue weighted by Crippen LogP contribution is 2.33. The van der Waals surface area contributed by atoms with Crippen molar-refractivity contribution in [3.8, 4) is 5.75 Å². The zero-order valence-corrected chi connectivity index (χ0v) is 18.0.